The number of pyridine rings is 1. The van der Waals surface area contributed by atoms with Crippen LogP contribution < -0.4 is 5.32 Å². The maximum absolute atomic E-state index is 4.57. The average Bonchev–Trinajstić information content (AvgIpc) is 2.81. The molecular weight excluding hydrogens is 254 g/mol. The summed E-state index contributed by atoms with van der Waals surface area (Å²) in [6.07, 6.45) is 3.91. The largest absolute Gasteiger partial charge is 0.310 e. The molecule has 1 atom stereocenters. The van der Waals surface area contributed by atoms with Gasteiger partial charge in [0.15, 0.2) is 0 Å². The summed E-state index contributed by atoms with van der Waals surface area (Å²) < 4.78 is 0. The van der Waals surface area contributed by atoms with E-state index in [1.807, 2.05) is 12.3 Å². The van der Waals surface area contributed by atoms with Crippen molar-refractivity contribution in [2.45, 2.75) is 39.7 Å². The normalized spacial score (nSPS) is 12.6. The molecular formula is C15H21N3S. The van der Waals surface area contributed by atoms with Gasteiger partial charge in [0.2, 0.25) is 0 Å². The van der Waals surface area contributed by atoms with E-state index < -0.39 is 0 Å². The van der Waals surface area contributed by atoms with Crippen LogP contribution in [-0.4, -0.2) is 16.5 Å². The lowest BCUT2D eigenvalue weighted by atomic mass is 10.0. The number of hydrogen-bond donors (Lipinski definition) is 1. The second kappa shape index (κ2) is 6.78. The Morgan fingerprint density at radius 3 is 2.84 bits per heavy atom. The first-order valence-electron chi connectivity index (χ1n) is 6.76. The summed E-state index contributed by atoms with van der Waals surface area (Å²) in [4.78, 5) is 8.97. The molecule has 0 spiro atoms. The molecule has 2 aromatic rings. The Kier molecular flexibility index (Phi) is 5.05. The summed E-state index contributed by atoms with van der Waals surface area (Å²) in [6, 6.07) is 4.47. The molecule has 2 rings (SSSR count). The van der Waals surface area contributed by atoms with E-state index in [-0.39, 0.29) is 0 Å². The molecule has 3 nitrogen and oxygen atoms in total. The fourth-order valence-electron chi connectivity index (χ4n) is 2.19. The van der Waals surface area contributed by atoms with Crippen molar-refractivity contribution >= 4 is 11.3 Å². The van der Waals surface area contributed by atoms with Crippen LogP contribution in [-0.2, 0) is 6.42 Å². The number of rotatable bonds is 6. The van der Waals surface area contributed by atoms with Crippen molar-refractivity contribution in [1.82, 2.24) is 15.3 Å². The zero-order valence-electron chi connectivity index (χ0n) is 11.8. The summed E-state index contributed by atoms with van der Waals surface area (Å²) in [7, 11) is 0. The fraction of sp³-hybridized carbons (Fsp3) is 0.467. The quantitative estimate of drug-likeness (QED) is 0.877. The number of nitrogens with zero attached hydrogens (tertiary/aromatic N) is 2. The summed E-state index contributed by atoms with van der Waals surface area (Å²) in [5.74, 6) is 0. The zero-order chi connectivity index (χ0) is 13.7. The van der Waals surface area contributed by atoms with E-state index in [1.165, 1.54) is 11.3 Å². The Morgan fingerprint density at radius 1 is 1.37 bits per heavy atom. The second-order valence-corrected chi connectivity index (χ2v) is 5.81. The van der Waals surface area contributed by atoms with Crippen LogP contribution in [0.4, 0.5) is 0 Å². The van der Waals surface area contributed by atoms with E-state index in [0.717, 1.165) is 30.1 Å². The van der Waals surface area contributed by atoms with Crippen molar-refractivity contribution in [3.63, 3.8) is 0 Å². The first-order valence-corrected chi connectivity index (χ1v) is 7.64. The third-order valence-corrected chi connectivity index (χ3v) is 3.97. The van der Waals surface area contributed by atoms with Crippen LogP contribution in [0.2, 0.25) is 0 Å². The van der Waals surface area contributed by atoms with E-state index in [2.05, 4.69) is 47.5 Å². The Bertz CT molecular complexity index is 522. The number of aromatic nitrogens is 2. The first kappa shape index (κ1) is 14.2. The van der Waals surface area contributed by atoms with Crippen molar-refractivity contribution in [2.75, 3.05) is 6.54 Å². The number of thiazole rings is 1. The fourth-order valence-corrected chi connectivity index (χ4v) is 2.81. The third-order valence-electron chi connectivity index (χ3n) is 3.14. The number of aryl methyl sites for hydroxylation is 2. The van der Waals surface area contributed by atoms with Crippen molar-refractivity contribution in [3.05, 3.63) is 45.7 Å². The molecule has 0 aliphatic rings. The summed E-state index contributed by atoms with van der Waals surface area (Å²) >= 11 is 1.72. The molecule has 2 aromatic heterocycles. The zero-order valence-corrected chi connectivity index (χ0v) is 12.6. The Labute approximate surface area is 119 Å². The van der Waals surface area contributed by atoms with Crippen LogP contribution >= 0.6 is 11.3 Å². The molecule has 1 unspecified atom stereocenters. The van der Waals surface area contributed by atoms with Gasteiger partial charge in [-0.25, -0.2) is 4.98 Å². The van der Waals surface area contributed by atoms with Crippen molar-refractivity contribution in [1.29, 1.82) is 0 Å². The highest BCUT2D eigenvalue weighted by Gasteiger charge is 2.15. The lowest BCUT2D eigenvalue weighted by molar-refractivity contribution is 0.521. The predicted octanol–water partition coefficient (Wildman–Crippen LogP) is 3.44. The van der Waals surface area contributed by atoms with Gasteiger partial charge in [-0.2, -0.15) is 0 Å². The van der Waals surface area contributed by atoms with Gasteiger partial charge in [-0.1, -0.05) is 13.0 Å². The van der Waals surface area contributed by atoms with Crippen LogP contribution in [0.3, 0.4) is 0 Å². The summed E-state index contributed by atoms with van der Waals surface area (Å²) in [5.41, 5.74) is 3.55. The Morgan fingerprint density at radius 2 is 2.21 bits per heavy atom. The molecule has 0 radical (unpaired) electrons. The van der Waals surface area contributed by atoms with E-state index in [4.69, 9.17) is 0 Å². The minimum absolute atomic E-state index is 0.301. The molecule has 102 valence electrons. The molecule has 0 saturated carbocycles. The Balaban J connectivity index is 2.18. The molecule has 19 heavy (non-hydrogen) atoms. The van der Waals surface area contributed by atoms with Crippen molar-refractivity contribution in [3.8, 4) is 0 Å². The monoisotopic (exact) mass is 275 g/mol. The van der Waals surface area contributed by atoms with Crippen LogP contribution in [0.1, 0.15) is 41.3 Å². The molecule has 0 fully saturated rings. The van der Waals surface area contributed by atoms with Crippen LogP contribution in [0, 0.1) is 13.8 Å². The van der Waals surface area contributed by atoms with Gasteiger partial charge >= 0.3 is 0 Å². The third kappa shape index (κ3) is 3.85. The topological polar surface area (TPSA) is 37.8 Å². The van der Waals surface area contributed by atoms with Crippen LogP contribution in [0.15, 0.2) is 23.7 Å². The number of hydrogen-bond acceptors (Lipinski definition) is 4. The van der Waals surface area contributed by atoms with Gasteiger partial charge in [0.25, 0.3) is 0 Å². The van der Waals surface area contributed by atoms with Gasteiger partial charge in [-0.05, 0) is 38.4 Å². The lowest BCUT2D eigenvalue weighted by Gasteiger charge is -2.19. The molecule has 4 heteroatoms. The van der Waals surface area contributed by atoms with E-state index in [1.54, 1.807) is 11.3 Å². The molecule has 0 aliphatic carbocycles. The minimum Gasteiger partial charge on any atom is -0.310 e. The predicted molar refractivity (Wildman–Crippen MR) is 80.6 cm³/mol. The molecule has 2 heterocycles. The summed E-state index contributed by atoms with van der Waals surface area (Å²) in [6.45, 7) is 7.33. The highest BCUT2D eigenvalue weighted by molar-refractivity contribution is 7.09. The van der Waals surface area contributed by atoms with Gasteiger partial charge < -0.3 is 5.32 Å². The Hall–Kier alpha value is -1.26. The SMILES string of the molecule is CCCNC(Cc1csc(C)n1)c1cccnc1C. The van der Waals surface area contributed by atoms with Gasteiger partial charge in [-0.15, -0.1) is 11.3 Å². The first-order chi connectivity index (χ1) is 9.20. The average molecular weight is 275 g/mol. The lowest BCUT2D eigenvalue weighted by Crippen LogP contribution is -2.25. The standard InChI is InChI=1S/C15H21N3S/c1-4-7-17-15(9-13-10-19-12(3)18-13)14-6-5-8-16-11(14)2/h5-6,8,10,15,17H,4,7,9H2,1-3H3. The van der Waals surface area contributed by atoms with Crippen LogP contribution in [0.25, 0.3) is 0 Å². The maximum Gasteiger partial charge on any atom is 0.0897 e. The van der Waals surface area contributed by atoms with Gasteiger partial charge in [0.1, 0.15) is 0 Å². The molecule has 0 aromatic carbocycles. The molecule has 1 N–H and O–H groups in total. The summed E-state index contributed by atoms with van der Waals surface area (Å²) in [5, 5.41) is 6.89. The van der Waals surface area contributed by atoms with E-state index >= 15 is 0 Å². The maximum atomic E-state index is 4.57. The molecule has 0 aliphatic heterocycles. The van der Waals surface area contributed by atoms with Crippen molar-refractivity contribution in [2.24, 2.45) is 0 Å². The molecule has 0 saturated heterocycles. The smallest absolute Gasteiger partial charge is 0.0897 e. The van der Waals surface area contributed by atoms with Crippen molar-refractivity contribution < 1.29 is 0 Å². The van der Waals surface area contributed by atoms with Gasteiger partial charge in [0, 0.05) is 29.7 Å². The molecule has 0 bridgehead atoms. The second-order valence-electron chi connectivity index (χ2n) is 4.75. The van der Waals surface area contributed by atoms with Gasteiger partial charge in [-0.3, -0.25) is 4.98 Å². The minimum atomic E-state index is 0.301. The number of nitrogens with one attached hydrogen (secondary N) is 1. The van der Waals surface area contributed by atoms with E-state index in [0.29, 0.717) is 6.04 Å². The molecule has 0 amide bonds. The highest BCUT2D eigenvalue weighted by Crippen LogP contribution is 2.21. The highest BCUT2D eigenvalue weighted by atomic mass is 32.1. The van der Waals surface area contributed by atoms with Gasteiger partial charge in [0.05, 0.1) is 10.7 Å². The van der Waals surface area contributed by atoms with Crippen LogP contribution in [0.5, 0.6) is 0 Å². The van der Waals surface area contributed by atoms with E-state index in [9.17, 15) is 0 Å².